The van der Waals surface area contributed by atoms with Gasteiger partial charge in [-0.15, -0.1) is 0 Å². The van der Waals surface area contributed by atoms with Crippen LogP contribution in [-0.4, -0.2) is 48.0 Å². The highest BCUT2D eigenvalue weighted by Crippen LogP contribution is 2.21. The van der Waals surface area contributed by atoms with E-state index in [1.54, 1.807) is 0 Å². The molecule has 0 aromatic heterocycles. The largest absolute Gasteiger partial charge is 0.390 e. The van der Waals surface area contributed by atoms with Crippen molar-refractivity contribution in [2.75, 3.05) is 13.1 Å². The van der Waals surface area contributed by atoms with E-state index in [2.05, 4.69) is 0 Å². The number of non-ortho nitro benzene ring substituents is 1. The third kappa shape index (κ3) is 6.33. The molecule has 2 rings (SSSR count). The predicted octanol–water partition coefficient (Wildman–Crippen LogP) is 2.17. The predicted molar refractivity (Wildman–Crippen MR) is 111 cm³/mol. The van der Waals surface area contributed by atoms with E-state index in [1.807, 2.05) is 44.2 Å². The topological polar surface area (TPSA) is 127 Å². The number of nitrogens with zero attached hydrogens (tertiary/aromatic N) is 2. The molecule has 0 saturated carbocycles. The van der Waals surface area contributed by atoms with Gasteiger partial charge < -0.3 is 10.8 Å². The number of aliphatic hydroxyl groups is 1. The second-order valence-corrected chi connectivity index (χ2v) is 9.33. The number of benzene rings is 2. The Morgan fingerprint density at radius 1 is 1.07 bits per heavy atom. The number of nitrogens with two attached hydrogens (primary N) is 1. The Labute approximate surface area is 171 Å². The third-order valence-corrected chi connectivity index (χ3v) is 6.30. The molecular weight excluding hydrogens is 394 g/mol. The van der Waals surface area contributed by atoms with Crippen molar-refractivity contribution in [3.8, 4) is 0 Å². The van der Waals surface area contributed by atoms with Gasteiger partial charge in [0.15, 0.2) is 0 Å². The van der Waals surface area contributed by atoms with E-state index in [0.717, 1.165) is 17.7 Å². The molecule has 0 spiro atoms. The highest BCUT2D eigenvalue weighted by atomic mass is 32.2. The lowest BCUT2D eigenvalue weighted by atomic mass is 10.0. The summed E-state index contributed by atoms with van der Waals surface area (Å²) in [5.74, 6) is 0.0142. The molecule has 2 aromatic rings. The molecule has 29 heavy (non-hydrogen) atoms. The summed E-state index contributed by atoms with van der Waals surface area (Å²) in [4.78, 5) is 10.2. The van der Waals surface area contributed by atoms with Crippen LogP contribution in [0.25, 0.3) is 0 Å². The summed E-state index contributed by atoms with van der Waals surface area (Å²) in [6.45, 7) is 3.77. The van der Waals surface area contributed by atoms with E-state index in [-0.39, 0.29) is 29.6 Å². The van der Waals surface area contributed by atoms with Crippen LogP contribution in [0.5, 0.6) is 0 Å². The standard InChI is InChI=1S/C20H27N3O5S/c1-15(2)13-22(14-20(24)19(21)12-16-6-4-3-5-7-16)29(27,28)18-10-8-17(9-11-18)23(25)26/h3-11,15,19-20,24H,12-14,21H2,1-2H3/t19-,20?/m0/s1. The van der Waals surface area contributed by atoms with Gasteiger partial charge in [0.05, 0.1) is 15.9 Å². The van der Waals surface area contributed by atoms with Gasteiger partial charge in [-0.2, -0.15) is 4.31 Å². The van der Waals surface area contributed by atoms with Crippen LogP contribution in [0.15, 0.2) is 59.5 Å². The molecule has 2 atom stereocenters. The zero-order valence-corrected chi connectivity index (χ0v) is 17.3. The van der Waals surface area contributed by atoms with Gasteiger partial charge >= 0.3 is 0 Å². The van der Waals surface area contributed by atoms with Crippen molar-refractivity contribution >= 4 is 15.7 Å². The van der Waals surface area contributed by atoms with E-state index >= 15 is 0 Å². The molecule has 0 amide bonds. The first-order valence-corrected chi connectivity index (χ1v) is 10.8. The van der Waals surface area contributed by atoms with Gasteiger partial charge in [-0.3, -0.25) is 10.1 Å². The highest BCUT2D eigenvalue weighted by Gasteiger charge is 2.29. The molecule has 8 nitrogen and oxygen atoms in total. The number of sulfonamides is 1. The van der Waals surface area contributed by atoms with Crippen LogP contribution < -0.4 is 5.73 Å². The highest BCUT2D eigenvalue weighted by molar-refractivity contribution is 7.89. The Morgan fingerprint density at radius 2 is 1.66 bits per heavy atom. The molecule has 158 valence electrons. The van der Waals surface area contributed by atoms with Crippen LogP contribution in [0.4, 0.5) is 5.69 Å². The molecule has 0 radical (unpaired) electrons. The van der Waals surface area contributed by atoms with Crippen molar-refractivity contribution in [2.24, 2.45) is 11.7 Å². The minimum atomic E-state index is -3.94. The van der Waals surface area contributed by atoms with Gasteiger partial charge in [-0.05, 0) is 30.0 Å². The van der Waals surface area contributed by atoms with Gasteiger partial charge in [0, 0.05) is 31.3 Å². The average Bonchev–Trinajstić information content (AvgIpc) is 2.67. The Hall–Kier alpha value is -2.33. The summed E-state index contributed by atoms with van der Waals surface area (Å²) >= 11 is 0. The van der Waals surface area contributed by atoms with E-state index in [1.165, 1.54) is 16.4 Å². The first-order chi connectivity index (χ1) is 13.6. The second-order valence-electron chi connectivity index (χ2n) is 7.39. The fourth-order valence-electron chi connectivity index (χ4n) is 2.93. The molecule has 0 aliphatic heterocycles. The summed E-state index contributed by atoms with van der Waals surface area (Å²) in [6.07, 6.45) is -0.656. The average molecular weight is 422 g/mol. The molecule has 0 aliphatic carbocycles. The SMILES string of the molecule is CC(C)CN(CC(O)[C@@H](N)Cc1ccccc1)S(=O)(=O)c1ccc([N+](=O)[O-])cc1. The maximum atomic E-state index is 13.1. The minimum Gasteiger partial charge on any atom is -0.390 e. The Balaban J connectivity index is 2.19. The van der Waals surface area contributed by atoms with Gasteiger partial charge in [0.25, 0.3) is 5.69 Å². The first-order valence-electron chi connectivity index (χ1n) is 9.33. The maximum absolute atomic E-state index is 13.1. The van der Waals surface area contributed by atoms with Crippen LogP contribution in [0.3, 0.4) is 0 Å². The summed E-state index contributed by atoms with van der Waals surface area (Å²) in [5, 5.41) is 21.4. The van der Waals surface area contributed by atoms with Crippen LogP contribution in [0.1, 0.15) is 19.4 Å². The van der Waals surface area contributed by atoms with Gasteiger partial charge in [-0.25, -0.2) is 8.42 Å². The van der Waals surface area contributed by atoms with E-state index in [4.69, 9.17) is 5.73 Å². The Bertz CT molecular complexity index is 901. The van der Waals surface area contributed by atoms with Crippen molar-refractivity contribution in [1.82, 2.24) is 4.31 Å². The van der Waals surface area contributed by atoms with E-state index in [9.17, 15) is 23.6 Å². The van der Waals surface area contributed by atoms with Crippen molar-refractivity contribution in [2.45, 2.75) is 37.3 Å². The number of rotatable bonds is 10. The van der Waals surface area contributed by atoms with E-state index < -0.39 is 27.1 Å². The first kappa shape index (κ1) is 23.0. The van der Waals surface area contributed by atoms with Crippen LogP contribution in [0.2, 0.25) is 0 Å². The summed E-state index contributed by atoms with van der Waals surface area (Å²) in [7, 11) is -3.94. The number of hydrogen-bond acceptors (Lipinski definition) is 6. The zero-order chi connectivity index (χ0) is 21.6. The van der Waals surface area contributed by atoms with Gasteiger partial charge in [-0.1, -0.05) is 44.2 Å². The molecular formula is C20H27N3O5S. The fourth-order valence-corrected chi connectivity index (χ4v) is 4.55. The van der Waals surface area contributed by atoms with Crippen molar-refractivity contribution in [3.63, 3.8) is 0 Å². The number of nitro benzene ring substituents is 1. The molecule has 0 fully saturated rings. The monoisotopic (exact) mass is 421 g/mol. The lowest BCUT2D eigenvalue weighted by Gasteiger charge is -2.28. The maximum Gasteiger partial charge on any atom is 0.269 e. The number of nitro groups is 1. The fraction of sp³-hybridized carbons (Fsp3) is 0.400. The van der Waals surface area contributed by atoms with Crippen LogP contribution >= 0.6 is 0 Å². The summed E-state index contributed by atoms with van der Waals surface area (Å²) in [5.41, 5.74) is 6.88. The Kier molecular flexibility index (Phi) is 7.86. The smallest absolute Gasteiger partial charge is 0.269 e. The van der Waals surface area contributed by atoms with Crippen molar-refractivity contribution in [1.29, 1.82) is 0 Å². The molecule has 1 unspecified atom stereocenters. The van der Waals surface area contributed by atoms with Gasteiger partial charge in [0.2, 0.25) is 10.0 Å². The van der Waals surface area contributed by atoms with Gasteiger partial charge in [0.1, 0.15) is 0 Å². The minimum absolute atomic E-state index is 0.0142. The zero-order valence-electron chi connectivity index (χ0n) is 16.5. The normalized spacial score (nSPS) is 14.1. The lowest BCUT2D eigenvalue weighted by molar-refractivity contribution is -0.384. The molecule has 0 aliphatic rings. The molecule has 9 heteroatoms. The van der Waals surface area contributed by atoms with Crippen LogP contribution in [0, 0.1) is 16.0 Å². The molecule has 0 heterocycles. The molecule has 0 saturated heterocycles. The summed E-state index contributed by atoms with van der Waals surface area (Å²) < 4.78 is 27.3. The summed E-state index contributed by atoms with van der Waals surface area (Å²) in [6, 6.07) is 13.5. The lowest BCUT2D eigenvalue weighted by Crippen LogP contribution is -2.47. The molecule has 3 N–H and O–H groups in total. The second kappa shape index (κ2) is 9.93. The van der Waals surface area contributed by atoms with Crippen molar-refractivity contribution < 1.29 is 18.4 Å². The number of aliphatic hydroxyl groups excluding tert-OH is 1. The third-order valence-electron chi connectivity index (χ3n) is 4.45. The van der Waals surface area contributed by atoms with Crippen LogP contribution in [-0.2, 0) is 16.4 Å². The molecule has 2 aromatic carbocycles. The quantitative estimate of drug-likeness (QED) is 0.447. The Morgan fingerprint density at radius 3 is 2.17 bits per heavy atom. The van der Waals surface area contributed by atoms with E-state index in [0.29, 0.717) is 6.42 Å². The van der Waals surface area contributed by atoms with Crippen molar-refractivity contribution in [3.05, 3.63) is 70.3 Å². The molecule has 0 bridgehead atoms. The number of hydrogen-bond donors (Lipinski definition) is 2.